The van der Waals surface area contributed by atoms with Gasteiger partial charge in [-0.3, -0.25) is 0 Å². The molecule has 0 radical (unpaired) electrons. The average molecular weight is 466 g/mol. The zero-order chi connectivity index (χ0) is 23.1. The molecule has 0 N–H and O–H groups in total. The van der Waals surface area contributed by atoms with Crippen molar-refractivity contribution in [2.24, 2.45) is 0 Å². The lowest BCUT2D eigenvalue weighted by Gasteiger charge is -2.16. The van der Waals surface area contributed by atoms with Crippen LogP contribution in [0.3, 0.4) is 0 Å². The van der Waals surface area contributed by atoms with E-state index >= 15 is 0 Å². The van der Waals surface area contributed by atoms with Crippen molar-refractivity contribution >= 4 is 17.4 Å². The lowest BCUT2D eigenvalue weighted by atomic mass is 10.1. The number of anilines is 1. The minimum Gasteiger partial charge on any atom is -0.432 e. The van der Waals surface area contributed by atoms with E-state index < -0.39 is 11.5 Å². The summed E-state index contributed by atoms with van der Waals surface area (Å²) in [5.74, 6) is 0.681. The molecule has 9 heteroatoms. The Morgan fingerprint density at radius 1 is 1.03 bits per heavy atom. The van der Waals surface area contributed by atoms with Crippen molar-refractivity contribution in [2.75, 3.05) is 18.0 Å². The lowest BCUT2D eigenvalue weighted by Crippen LogP contribution is -2.27. The Balaban J connectivity index is 1.67. The summed E-state index contributed by atoms with van der Waals surface area (Å²) in [7, 11) is 0. The molecule has 0 bridgehead atoms. The molecule has 0 spiro atoms. The summed E-state index contributed by atoms with van der Waals surface area (Å²) in [5.41, 5.74) is 2.21. The molecule has 5 rings (SSSR count). The van der Waals surface area contributed by atoms with Gasteiger partial charge in [-0.1, -0.05) is 11.6 Å². The third-order valence-electron chi connectivity index (χ3n) is 5.56. The summed E-state index contributed by atoms with van der Waals surface area (Å²) in [6, 6.07) is 9.86. The van der Waals surface area contributed by atoms with Gasteiger partial charge in [-0.05, 0) is 68.7 Å². The first-order valence-corrected chi connectivity index (χ1v) is 11.0. The Hall–Kier alpha value is -3.52. The molecule has 1 aromatic carbocycles. The monoisotopic (exact) mass is 465 g/mol. The first-order chi connectivity index (χ1) is 15.9. The fraction of sp³-hybridized carbons (Fsp3) is 0.250. The fourth-order valence-corrected chi connectivity index (χ4v) is 4.16. The normalized spacial score (nSPS) is 13.6. The Morgan fingerprint density at radius 2 is 1.82 bits per heavy atom. The van der Waals surface area contributed by atoms with E-state index in [1.807, 2.05) is 26.0 Å². The van der Waals surface area contributed by atoms with Gasteiger partial charge in [-0.2, -0.15) is 9.97 Å². The van der Waals surface area contributed by atoms with E-state index in [9.17, 15) is 9.18 Å². The van der Waals surface area contributed by atoms with Crippen molar-refractivity contribution in [3.05, 3.63) is 75.2 Å². The van der Waals surface area contributed by atoms with Gasteiger partial charge in [0.25, 0.3) is 0 Å². The standard InChI is InChI=1S/C24H21ClFN5O2/c1-14-11-15(2)27-19(12-14)23-29-22(21(33-23)16-5-6-17(25)18(26)13-16)31-10-7-20(28-24(31)32)30-8-3-4-9-30/h5-7,10-13H,3-4,8-9H2,1-2H3. The number of hydrogen-bond donors (Lipinski definition) is 0. The van der Waals surface area contributed by atoms with E-state index in [0.29, 0.717) is 17.1 Å². The predicted molar refractivity (Wildman–Crippen MR) is 124 cm³/mol. The number of halogens is 2. The van der Waals surface area contributed by atoms with Crippen LogP contribution in [-0.4, -0.2) is 32.6 Å². The number of pyridine rings is 1. The molecule has 0 aliphatic carbocycles. The van der Waals surface area contributed by atoms with Crippen LogP contribution in [-0.2, 0) is 0 Å². The fourth-order valence-electron chi connectivity index (χ4n) is 4.04. The quantitative estimate of drug-likeness (QED) is 0.424. The number of benzene rings is 1. The maximum Gasteiger partial charge on any atom is 0.355 e. The van der Waals surface area contributed by atoms with Gasteiger partial charge in [0.2, 0.25) is 5.89 Å². The summed E-state index contributed by atoms with van der Waals surface area (Å²) >= 11 is 5.86. The van der Waals surface area contributed by atoms with Crippen LogP contribution in [0.1, 0.15) is 24.1 Å². The molecule has 1 aliphatic heterocycles. The second-order valence-electron chi connectivity index (χ2n) is 8.10. The number of aryl methyl sites for hydroxylation is 2. The van der Waals surface area contributed by atoms with Crippen LogP contribution in [0.2, 0.25) is 5.02 Å². The molecule has 4 aromatic rings. The second-order valence-corrected chi connectivity index (χ2v) is 8.51. The molecule has 0 saturated carbocycles. The number of hydrogen-bond acceptors (Lipinski definition) is 6. The lowest BCUT2D eigenvalue weighted by molar-refractivity contribution is 0.582. The molecule has 168 valence electrons. The van der Waals surface area contributed by atoms with Gasteiger partial charge in [0.05, 0.1) is 5.02 Å². The molecule has 1 fully saturated rings. The maximum atomic E-state index is 14.2. The third-order valence-corrected chi connectivity index (χ3v) is 5.86. The van der Waals surface area contributed by atoms with E-state index in [2.05, 4.69) is 19.9 Å². The molecule has 0 atom stereocenters. The molecule has 7 nitrogen and oxygen atoms in total. The minimum absolute atomic E-state index is 0.00943. The topological polar surface area (TPSA) is 77.1 Å². The largest absolute Gasteiger partial charge is 0.432 e. The van der Waals surface area contributed by atoms with Gasteiger partial charge < -0.3 is 9.32 Å². The van der Waals surface area contributed by atoms with Crippen molar-refractivity contribution in [1.29, 1.82) is 0 Å². The highest BCUT2D eigenvalue weighted by Crippen LogP contribution is 2.33. The molecule has 1 saturated heterocycles. The van der Waals surface area contributed by atoms with Crippen LogP contribution in [0.5, 0.6) is 0 Å². The highest BCUT2D eigenvalue weighted by atomic mass is 35.5. The number of aromatic nitrogens is 4. The summed E-state index contributed by atoms with van der Waals surface area (Å²) in [5, 5.41) is -0.00943. The SMILES string of the molecule is Cc1cc(C)nc(-c2nc(-n3ccc(N4CCCC4)nc3=O)c(-c3ccc(Cl)c(F)c3)o2)c1. The number of nitrogens with zero attached hydrogens (tertiary/aromatic N) is 5. The van der Waals surface area contributed by atoms with E-state index in [-0.39, 0.29) is 22.5 Å². The van der Waals surface area contributed by atoms with Gasteiger partial charge in [0.15, 0.2) is 11.6 Å². The molecule has 33 heavy (non-hydrogen) atoms. The van der Waals surface area contributed by atoms with Crippen molar-refractivity contribution < 1.29 is 8.81 Å². The van der Waals surface area contributed by atoms with Crippen molar-refractivity contribution in [1.82, 2.24) is 19.5 Å². The number of oxazole rings is 1. The van der Waals surface area contributed by atoms with E-state index in [4.69, 9.17) is 16.0 Å². The predicted octanol–water partition coefficient (Wildman–Crippen LogP) is 4.96. The van der Waals surface area contributed by atoms with E-state index in [1.165, 1.54) is 16.7 Å². The molecule has 0 amide bonds. The first-order valence-electron chi connectivity index (χ1n) is 10.7. The summed E-state index contributed by atoms with van der Waals surface area (Å²) in [4.78, 5) is 28.4. The van der Waals surface area contributed by atoms with Crippen LogP contribution in [0.25, 0.3) is 28.7 Å². The Morgan fingerprint density at radius 3 is 2.52 bits per heavy atom. The number of rotatable bonds is 4. The molecular formula is C24H21ClFN5O2. The van der Waals surface area contributed by atoms with E-state index in [1.54, 1.807) is 18.3 Å². The van der Waals surface area contributed by atoms with Gasteiger partial charge in [-0.15, -0.1) is 0 Å². The van der Waals surface area contributed by atoms with Crippen LogP contribution >= 0.6 is 11.6 Å². The highest BCUT2D eigenvalue weighted by molar-refractivity contribution is 6.30. The molecule has 3 aromatic heterocycles. The summed E-state index contributed by atoms with van der Waals surface area (Å²) < 4.78 is 21.6. The van der Waals surface area contributed by atoms with Crippen molar-refractivity contribution in [2.45, 2.75) is 26.7 Å². The molecule has 0 unspecified atom stereocenters. The first kappa shape index (κ1) is 21.3. The zero-order valence-corrected chi connectivity index (χ0v) is 18.9. The molecule has 1 aliphatic rings. The Labute approximate surface area is 194 Å². The second kappa shape index (κ2) is 8.44. The third kappa shape index (κ3) is 4.14. The van der Waals surface area contributed by atoms with Gasteiger partial charge in [0.1, 0.15) is 17.3 Å². The summed E-state index contributed by atoms with van der Waals surface area (Å²) in [6.45, 7) is 5.57. The van der Waals surface area contributed by atoms with Crippen LogP contribution in [0, 0.1) is 19.7 Å². The maximum absolute atomic E-state index is 14.2. The van der Waals surface area contributed by atoms with Gasteiger partial charge in [-0.25, -0.2) is 18.7 Å². The van der Waals surface area contributed by atoms with Crippen LogP contribution < -0.4 is 10.6 Å². The smallest absolute Gasteiger partial charge is 0.355 e. The zero-order valence-electron chi connectivity index (χ0n) is 18.2. The molecule has 4 heterocycles. The van der Waals surface area contributed by atoms with Gasteiger partial charge >= 0.3 is 5.69 Å². The minimum atomic E-state index is -0.600. The van der Waals surface area contributed by atoms with Crippen LogP contribution in [0.4, 0.5) is 10.2 Å². The van der Waals surface area contributed by atoms with Crippen molar-refractivity contribution in [3.63, 3.8) is 0 Å². The average Bonchev–Trinajstić information content (AvgIpc) is 3.45. The molecular weight excluding hydrogens is 445 g/mol. The van der Waals surface area contributed by atoms with Crippen LogP contribution in [0.15, 0.2) is 51.8 Å². The Kier molecular flexibility index (Phi) is 5.46. The summed E-state index contributed by atoms with van der Waals surface area (Å²) in [6.07, 6.45) is 3.77. The van der Waals surface area contributed by atoms with Gasteiger partial charge in [0, 0.05) is 30.5 Å². The van der Waals surface area contributed by atoms with E-state index in [0.717, 1.165) is 37.2 Å². The van der Waals surface area contributed by atoms with Crippen molar-refractivity contribution in [3.8, 4) is 28.7 Å². The highest BCUT2D eigenvalue weighted by Gasteiger charge is 2.22. The Bertz CT molecular complexity index is 1390.